The lowest BCUT2D eigenvalue weighted by Crippen LogP contribution is -2.25. The summed E-state index contributed by atoms with van der Waals surface area (Å²) in [5, 5.41) is 0.450. The molecule has 0 spiro atoms. The van der Waals surface area contributed by atoms with Crippen molar-refractivity contribution in [3.63, 3.8) is 0 Å². The van der Waals surface area contributed by atoms with Gasteiger partial charge in [0.1, 0.15) is 5.69 Å². The van der Waals surface area contributed by atoms with Crippen molar-refractivity contribution < 1.29 is 4.74 Å². The molecular formula is C13H20N2OS. The average molecular weight is 252 g/mol. The van der Waals surface area contributed by atoms with Gasteiger partial charge in [-0.1, -0.05) is 19.9 Å². The standard InChI is InChI=1S/C13H20N2OS/c1-4-11(14)9(3)10-6-7-12(15-8-10)13(17)16-5-2/h6-9,11H,4-5,14H2,1-3H3. The molecule has 0 aliphatic heterocycles. The van der Waals surface area contributed by atoms with Gasteiger partial charge < -0.3 is 10.5 Å². The Bertz CT molecular complexity index is 364. The molecule has 0 radical (unpaired) electrons. The maximum absolute atomic E-state index is 6.02. The predicted octanol–water partition coefficient (Wildman–Crippen LogP) is 2.63. The van der Waals surface area contributed by atoms with E-state index in [1.807, 2.05) is 25.3 Å². The Morgan fingerprint density at radius 3 is 2.65 bits per heavy atom. The Hall–Kier alpha value is -1.00. The van der Waals surface area contributed by atoms with Gasteiger partial charge in [-0.2, -0.15) is 0 Å². The number of nitrogens with zero attached hydrogens (tertiary/aromatic N) is 1. The molecule has 1 aromatic rings. The number of hydrogen-bond donors (Lipinski definition) is 1. The SMILES string of the molecule is CCOC(=S)c1ccc(C(C)C(N)CC)cn1. The maximum atomic E-state index is 6.02. The highest BCUT2D eigenvalue weighted by Crippen LogP contribution is 2.19. The summed E-state index contributed by atoms with van der Waals surface area (Å²) in [4.78, 5) is 4.31. The van der Waals surface area contributed by atoms with Crippen molar-refractivity contribution in [1.29, 1.82) is 0 Å². The van der Waals surface area contributed by atoms with Crippen LogP contribution >= 0.6 is 12.2 Å². The molecule has 94 valence electrons. The summed E-state index contributed by atoms with van der Waals surface area (Å²) in [5.41, 5.74) is 7.87. The number of pyridine rings is 1. The van der Waals surface area contributed by atoms with Crippen LogP contribution in [0.5, 0.6) is 0 Å². The number of thiocarbonyl (C=S) groups is 1. The molecular weight excluding hydrogens is 232 g/mol. The highest BCUT2D eigenvalue weighted by atomic mass is 32.1. The molecule has 1 heterocycles. The van der Waals surface area contributed by atoms with Gasteiger partial charge in [0.2, 0.25) is 5.05 Å². The summed E-state index contributed by atoms with van der Waals surface area (Å²) in [5.74, 6) is 0.308. The smallest absolute Gasteiger partial charge is 0.210 e. The van der Waals surface area contributed by atoms with Crippen molar-refractivity contribution >= 4 is 17.3 Å². The van der Waals surface area contributed by atoms with Crippen LogP contribution < -0.4 is 5.73 Å². The van der Waals surface area contributed by atoms with Crippen LogP contribution in [-0.2, 0) is 4.74 Å². The van der Waals surface area contributed by atoms with E-state index in [-0.39, 0.29) is 6.04 Å². The molecule has 0 aromatic carbocycles. The average Bonchev–Trinajstić information content (AvgIpc) is 2.37. The fourth-order valence-corrected chi connectivity index (χ4v) is 1.84. The van der Waals surface area contributed by atoms with Crippen LogP contribution in [0.3, 0.4) is 0 Å². The van der Waals surface area contributed by atoms with Crippen molar-refractivity contribution in [3.05, 3.63) is 29.6 Å². The molecule has 2 unspecified atom stereocenters. The third-order valence-corrected chi connectivity index (χ3v) is 3.24. The van der Waals surface area contributed by atoms with E-state index in [1.54, 1.807) is 0 Å². The highest BCUT2D eigenvalue weighted by molar-refractivity contribution is 7.80. The molecule has 2 atom stereocenters. The quantitative estimate of drug-likeness (QED) is 0.818. The van der Waals surface area contributed by atoms with Gasteiger partial charge in [0.25, 0.3) is 0 Å². The number of nitrogens with two attached hydrogens (primary N) is 1. The number of hydrogen-bond acceptors (Lipinski definition) is 4. The van der Waals surface area contributed by atoms with E-state index in [4.69, 9.17) is 22.7 Å². The lowest BCUT2D eigenvalue weighted by Gasteiger charge is -2.18. The molecule has 0 saturated carbocycles. The molecule has 0 saturated heterocycles. The summed E-state index contributed by atoms with van der Waals surface area (Å²) in [6.45, 7) is 6.68. The summed E-state index contributed by atoms with van der Waals surface area (Å²) in [6, 6.07) is 4.08. The monoisotopic (exact) mass is 252 g/mol. The number of ether oxygens (including phenoxy) is 1. The molecule has 17 heavy (non-hydrogen) atoms. The molecule has 0 aliphatic carbocycles. The third-order valence-electron chi connectivity index (χ3n) is 2.91. The van der Waals surface area contributed by atoms with Gasteiger partial charge >= 0.3 is 0 Å². The Morgan fingerprint density at radius 1 is 1.47 bits per heavy atom. The fourth-order valence-electron chi connectivity index (χ4n) is 1.60. The Labute approximate surface area is 108 Å². The van der Waals surface area contributed by atoms with Gasteiger partial charge in [0, 0.05) is 12.2 Å². The summed E-state index contributed by atoms with van der Waals surface area (Å²) in [7, 11) is 0. The van der Waals surface area contributed by atoms with E-state index in [0.29, 0.717) is 23.3 Å². The van der Waals surface area contributed by atoms with E-state index in [9.17, 15) is 0 Å². The lowest BCUT2D eigenvalue weighted by molar-refractivity contribution is 0.336. The van der Waals surface area contributed by atoms with Crippen LogP contribution in [0, 0.1) is 0 Å². The van der Waals surface area contributed by atoms with Crippen LogP contribution in [0.15, 0.2) is 18.3 Å². The molecule has 1 rings (SSSR count). The van der Waals surface area contributed by atoms with E-state index >= 15 is 0 Å². The second-order valence-corrected chi connectivity index (χ2v) is 4.43. The summed E-state index contributed by atoms with van der Waals surface area (Å²) < 4.78 is 5.24. The second kappa shape index (κ2) is 6.67. The van der Waals surface area contributed by atoms with E-state index in [1.165, 1.54) is 0 Å². The summed E-state index contributed by atoms with van der Waals surface area (Å²) >= 11 is 5.09. The minimum absolute atomic E-state index is 0.168. The first kappa shape index (κ1) is 14.1. The van der Waals surface area contributed by atoms with Crippen molar-refractivity contribution in [2.75, 3.05) is 6.61 Å². The van der Waals surface area contributed by atoms with E-state index in [2.05, 4.69) is 18.8 Å². The van der Waals surface area contributed by atoms with Gasteiger partial charge in [0.05, 0.1) is 6.61 Å². The van der Waals surface area contributed by atoms with Crippen molar-refractivity contribution in [3.8, 4) is 0 Å². The van der Waals surface area contributed by atoms with Gasteiger partial charge in [-0.05, 0) is 43.1 Å². The normalized spacial score (nSPS) is 14.1. The van der Waals surface area contributed by atoms with Crippen LogP contribution in [0.2, 0.25) is 0 Å². The van der Waals surface area contributed by atoms with Crippen LogP contribution in [0.4, 0.5) is 0 Å². The fraction of sp³-hybridized carbons (Fsp3) is 0.538. The second-order valence-electron chi connectivity index (χ2n) is 4.06. The minimum Gasteiger partial charge on any atom is -0.482 e. The highest BCUT2D eigenvalue weighted by Gasteiger charge is 2.13. The molecule has 3 nitrogen and oxygen atoms in total. The first-order valence-corrected chi connectivity index (χ1v) is 6.39. The predicted molar refractivity (Wildman–Crippen MR) is 74.2 cm³/mol. The molecule has 0 aliphatic rings. The molecule has 0 bridgehead atoms. The van der Waals surface area contributed by atoms with Crippen molar-refractivity contribution in [2.45, 2.75) is 39.2 Å². The van der Waals surface area contributed by atoms with Crippen molar-refractivity contribution in [1.82, 2.24) is 4.98 Å². The van der Waals surface area contributed by atoms with Crippen LogP contribution in [0.25, 0.3) is 0 Å². The zero-order valence-corrected chi connectivity index (χ0v) is 11.5. The van der Waals surface area contributed by atoms with E-state index in [0.717, 1.165) is 12.0 Å². The minimum atomic E-state index is 0.168. The van der Waals surface area contributed by atoms with Crippen LogP contribution in [0.1, 0.15) is 44.4 Å². The largest absolute Gasteiger partial charge is 0.482 e. The zero-order valence-electron chi connectivity index (χ0n) is 10.6. The Balaban J connectivity index is 2.77. The number of rotatable bonds is 5. The molecule has 0 fully saturated rings. The first-order valence-electron chi connectivity index (χ1n) is 5.98. The molecule has 1 aromatic heterocycles. The van der Waals surface area contributed by atoms with Gasteiger partial charge in [0.15, 0.2) is 0 Å². The topological polar surface area (TPSA) is 48.1 Å². The van der Waals surface area contributed by atoms with E-state index < -0.39 is 0 Å². The third kappa shape index (κ3) is 3.75. The van der Waals surface area contributed by atoms with Gasteiger partial charge in [-0.3, -0.25) is 4.98 Å². The summed E-state index contributed by atoms with van der Waals surface area (Å²) in [6.07, 6.45) is 2.79. The van der Waals surface area contributed by atoms with Gasteiger partial charge in [-0.15, -0.1) is 0 Å². The number of aromatic nitrogens is 1. The molecule has 2 N–H and O–H groups in total. The molecule has 0 amide bonds. The lowest BCUT2D eigenvalue weighted by atomic mass is 9.93. The van der Waals surface area contributed by atoms with Gasteiger partial charge in [-0.25, -0.2) is 0 Å². The maximum Gasteiger partial charge on any atom is 0.210 e. The Morgan fingerprint density at radius 2 is 2.18 bits per heavy atom. The first-order chi connectivity index (χ1) is 8.10. The Kier molecular flexibility index (Phi) is 5.51. The van der Waals surface area contributed by atoms with Crippen molar-refractivity contribution in [2.24, 2.45) is 5.73 Å². The van der Waals surface area contributed by atoms with Crippen LogP contribution in [-0.4, -0.2) is 22.7 Å². The zero-order chi connectivity index (χ0) is 12.8. The molecule has 4 heteroatoms.